The smallest absolute Gasteiger partial charge is 0.264 e. The van der Waals surface area contributed by atoms with Crippen LogP contribution in [0.4, 0.5) is 5.95 Å². The molecular weight excluding hydrogens is 246 g/mol. The highest BCUT2D eigenvalue weighted by molar-refractivity contribution is 5.91. The van der Waals surface area contributed by atoms with E-state index >= 15 is 0 Å². The van der Waals surface area contributed by atoms with E-state index in [1.807, 2.05) is 24.3 Å². The minimum atomic E-state index is -0.325. The van der Waals surface area contributed by atoms with Crippen LogP contribution >= 0.6 is 0 Å². The molecule has 0 atom stereocenters. The van der Waals surface area contributed by atoms with E-state index in [0.29, 0.717) is 16.7 Å². The van der Waals surface area contributed by atoms with Gasteiger partial charge < -0.3 is 14.9 Å². The first-order valence-corrected chi connectivity index (χ1v) is 5.60. The fourth-order valence-electron chi connectivity index (χ4n) is 1.97. The fourth-order valence-corrected chi connectivity index (χ4v) is 1.97. The lowest BCUT2D eigenvalue weighted by molar-refractivity contribution is 0.415. The molecule has 0 aliphatic rings. The van der Waals surface area contributed by atoms with Crippen LogP contribution in [0.3, 0.4) is 0 Å². The maximum absolute atomic E-state index is 11.9. The number of rotatable bonds is 2. The molecule has 0 unspecified atom stereocenters. The van der Waals surface area contributed by atoms with Crippen molar-refractivity contribution in [1.29, 1.82) is 0 Å². The molecule has 0 radical (unpaired) electrons. The Hall–Kier alpha value is -2.76. The quantitative estimate of drug-likeness (QED) is 0.729. The molecule has 0 aliphatic heterocycles. The number of anilines is 1. The summed E-state index contributed by atoms with van der Waals surface area (Å²) >= 11 is 0. The number of furan rings is 1. The molecule has 0 bridgehead atoms. The van der Waals surface area contributed by atoms with Crippen molar-refractivity contribution in [3.8, 4) is 16.9 Å². The van der Waals surface area contributed by atoms with Gasteiger partial charge in [-0.05, 0) is 17.7 Å². The third-order valence-electron chi connectivity index (χ3n) is 2.84. The Balaban J connectivity index is 2.28. The fraction of sp³-hybridized carbons (Fsp3) is 0.0769. The van der Waals surface area contributed by atoms with Crippen LogP contribution in [0.1, 0.15) is 0 Å². The molecule has 96 valence electrons. The second-order valence-corrected chi connectivity index (χ2v) is 4.01. The molecule has 0 fully saturated rings. The lowest BCUT2D eigenvalue weighted by Crippen LogP contribution is -2.10. The van der Waals surface area contributed by atoms with Crippen molar-refractivity contribution >= 4 is 17.0 Å². The number of fused-ring (bicyclic) bond motifs is 1. The van der Waals surface area contributed by atoms with Gasteiger partial charge in [0.05, 0.1) is 7.11 Å². The zero-order chi connectivity index (χ0) is 13.4. The molecule has 1 aromatic carbocycles. The molecular formula is C13H11N3O3. The number of nitrogens with zero attached hydrogens (tertiary/aromatic N) is 1. The number of benzene rings is 1. The van der Waals surface area contributed by atoms with Gasteiger partial charge in [-0.3, -0.25) is 9.78 Å². The van der Waals surface area contributed by atoms with Crippen molar-refractivity contribution in [3.63, 3.8) is 0 Å². The molecule has 0 aliphatic carbocycles. The Morgan fingerprint density at radius 3 is 3.05 bits per heavy atom. The Morgan fingerprint density at radius 2 is 2.26 bits per heavy atom. The number of nitrogens with one attached hydrogen (secondary N) is 1. The van der Waals surface area contributed by atoms with Crippen LogP contribution in [0.2, 0.25) is 0 Å². The van der Waals surface area contributed by atoms with E-state index < -0.39 is 0 Å². The molecule has 3 aromatic rings. The maximum atomic E-state index is 11.9. The molecule has 19 heavy (non-hydrogen) atoms. The number of aromatic nitrogens is 2. The third kappa shape index (κ3) is 1.83. The lowest BCUT2D eigenvalue weighted by atomic mass is 10.1. The highest BCUT2D eigenvalue weighted by atomic mass is 16.5. The van der Waals surface area contributed by atoms with E-state index in [1.54, 1.807) is 7.11 Å². The van der Waals surface area contributed by atoms with Crippen molar-refractivity contribution in [2.24, 2.45) is 0 Å². The number of methoxy groups -OCH3 is 1. The van der Waals surface area contributed by atoms with Crippen LogP contribution in [0, 0.1) is 0 Å². The number of hydrogen-bond acceptors (Lipinski definition) is 5. The molecule has 3 N–H and O–H groups in total. The standard InChI is InChI=1S/C13H11N3O3/c1-18-8-4-2-3-7(5-8)9-6-19-12-10(9)11(17)15-13(14)16-12/h2-6H,1H3,(H3,14,15,16,17). The number of H-pyrrole nitrogens is 1. The second-order valence-electron chi connectivity index (χ2n) is 4.01. The summed E-state index contributed by atoms with van der Waals surface area (Å²) in [7, 11) is 1.58. The van der Waals surface area contributed by atoms with Gasteiger partial charge in [-0.2, -0.15) is 4.98 Å². The number of hydrogen-bond donors (Lipinski definition) is 2. The number of ether oxygens (including phenoxy) is 1. The van der Waals surface area contributed by atoms with Gasteiger partial charge in [0, 0.05) is 5.56 Å². The van der Waals surface area contributed by atoms with Crippen LogP contribution in [0.15, 0.2) is 39.7 Å². The predicted molar refractivity (Wildman–Crippen MR) is 71.0 cm³/mol. The maximum Gasteiger partial charge on any atom is 0.264 e. The molecule has 6 heteroatoms. The van der Waals surface area contributed by atoms with Gasteiger partial charge in [-0.15, -0.1) is 0 Å². The van der Waals surface area contributed by atoms with E-state index in [0.717, 1.165) is 5.56 Å². The number of aromatic amines is 1. The molecule has 0 amide bonds. The Labute approximate surface area is 107 Å². The predicted octanol–water partition coefficient (Wildman–Crippen LogP) is 1.77. The average Bonchev–Trinajstić information content (AvgIpc) is 2.82. The van der Waals surface area contributed by atoms with Gasteiger partial charge in [0.25, 0.3) is 5.56 Å². The summed E-state index contributed by atoms with van der Waals surface area (Å²) in [5.41, 5.74) is 6.84. The first kappa shape index (κ1) is 11.3. The lowest BCUT2D eigenvalue weighted by Gasteiger charge is -2.02. The van der Waals surface area contributed by atoms with E-state index in [4.69, 9.17) is 14.9 Å². The number of nitrogen functional groups attached to an aromatic ring is 1. The van der Waals surface area contributed by atoms with Gasteiger partial charge in [-0.1, -0.05) is 12.1 Å². The minimum Gasteiger partial charge on any atom is -0.497 e. The zero-order valence-electron chi connectivity index (χ0n) is 10.1. The number of nitrogens with two attached hydrogens (primary N) is 1. The highest BCUT2D eigenvalue weighted by Gasteiger charge is 2.14. The van der Waals surface area contributed by atoms with Crippen LogP contribution < -0.4 is 16.0 Å². The first-order valence-electron chi connectivity index (χ1n) is 5.60. The molecule has 2 heterocycles. The Kier molecular flexibility index (Phi) is 2.49. The average molecular weight is 257 g/mol. The van der Waals surface area contributed by atoms with Gasteiger partial charge >= 0.3 is 0 Å². The molecule has 0 spiro atoms. The van der Waals surface area contributed by atoms with Crippen LogP contribution in [-0.4, -0.2) is 17.1 Å². The molecule has 0 saturated heterocycles. The molecule has 2 aromatic heterocycles. The SMILES string of the molecule is COc1cccc(-c2coc3nc(N)[nH]c(=O)c23)c1. The van der Waals surface area contributed by atoms with Crippen molar-refractivity contribution in [2.75, 3.05) is 12.8 Å². The normalized spacial score (nSPS) is 10.8. The summed E-state index contributed by atoms with van der Waals surface area (Å²) in [5, 5.41) is 0.377. The van der Waals surface area contributed by atoms with Crippen molar-refractivity contribution < 1.29 is 9.15 Å². The summed E-state index contributed by atoms with van der Waals surface area (Å²) in [6, 6.07) is 7.35. The molecule has 0 saturated carbocycles. The summed E-state index contributed by atoms with van der Waals surface area (Å²) < 4.78 is 10.4. The Morgan fingerprint density at radius 1 is 1.42 bits per heavy atom. The van der Waals surface area contributed by atoms with Crippen molar-refractivity contribution in [2.45, 2.75) is 0 Å². The first-order chi connectivity index (χ1) is 9.19. The minimum absolute atomic E-state index is 0.0315. The van der Waals surface area contributed by atoms with E-state index in [2.05, 4.69) is 9.97 Å². The third-order valence-corrected chi connectivity index (χ3v) is 2.84. The molecule has 6 nitrogen and oxygen atoms in total. The van der Waals surface area contributed by atoms with Crippen LogP contribution in [-0.2, 0) is 0 Å². The van der Waals surface area contributed by atoms with Crippen molar-refractivity contribution in [3.05, 3.63) is 40.9 Å². The van der Waals surface area contributed by atoms with E-state index in [1.165, 1.54) is 6.26 Å². The van der Waals surface area contributed by atoms with Gasteiger partial charge in [0.15, 0.2) is 0 Å². The monoisotopic (exact) mass is 257 g/mol. The van der Waals surface area contributed by atoms with Gasteiger partial charge in [0.2, 0.25) is 11.7 Å². The Bertz CT molecular complexity index is 804. The summed E-state index contributed by atoms with van der Waals surface area (Å²) in [6.07, 6.45) is 1.49. The largest absolute Gasteiger partial charge is 0.497 e. The second kappa shape index (κ2) is 4.16. The summed E-state index contributed by atoms with van der Waals surface area (Å²) in [6.45, 7) is 0. The van der Waals surface area contributed by atoms with E-state index in [-0.39, 0.29) is 17.2 Å². The van der Waals surface area contributed by atoms with Gasteiger partial charge in [0.1, 0.15) is 17.4 Å². The summed E-state index contributed by atoms with van der Waals surface area (Å²) in [4.78, 5) is 18.3. The van der Waals surface area contributed by atoms with Crippen LogP contribution in [0.5, 0.6) is 5.75 Å². The van der Waals surface area contributed by atoms with Crippen molar-refractivity contribution in [1.82, 2.24) is 9.97 Å². The van der Waals surface area contributed by atoms with Gasteiger partial charge in [-0.25, -0.2) is 0 Å². The van der Waals surface area contributed by atoms with E-state index in [9.17, 15) is 4.79 Å². The summed E-state index contributed by atoms with van der Waals surface area (Å²) in [5.74, 6) is 0.732. The highest BCUT2D eigenvalue weighted by Crippen LogP contribution is 2.29. The topological polar surface area (TPSA) is 94.1 Å². The molecule has 3 rings (SSSR count). The zero-order valence-corrected chi connectivity index (χ0v) is 10.1. The van der Waals surface area contributed by atoms with Crippen LogP contribution in [0.25, 0.3) is 22.2 Å².